The highest BCUT2D eigenvalue weighted by Gasteiger charge is 2.43. The van der Waals surface area contributed by atoms with E-state index in [0.29, 0.717) is 17.9 Å². The fraction of sp³-hybridized carbons (Fsp3) is 0.238. The van der Waals surface area contributed by atoms with E-state index in [0.717, 1.165) is 28.6 Å². The Hall–Kier alpha value is -3.13. The lowest BCUT2D eigenvalue weighted by Gasteiger charge is -2.20. The van der Waals surface area contributed by atoms with Crippen LogP contribution in [0.1, 0.15) is 17.5 Å². The number of rotatable bonds is 5. The quantitative estimate of drug-likeness (QED) is 0.642. The first-order valence-electron chi connectivity index (χ1n) is 9.17. The third-order valence-corrected chi connectivity index (χ3v) is 5.06. The van der Waals surface area contributed by atoms with Crippen LogP contribution in [0.15, 0.2) is 54.7 Å². The van der Waals surface area contributed by atoms with Crippen LogP contribution in [0.2, 0.25) is 0 Å². The smallest absolute Gasteiger partial charge is 0.361 e. The molecular formula is C21H18F3N3O2. The number of amides is 2. The van der Waals surface area contributed by atoms with Crippen LogP contribution in [0, 0.1) is 0 Å². The molecule has 0 saturated carbocycles. The molecule has 2 heterocycles. The zero-order chi connectivity index (χ0) is 20.6. The van der Waals surface area contributed by atoms with Gasteiger partial charge in [0, 0.05) is 23.6 Å². The third kappa shape index (κ3) is 3.63. The van der Waals surface area contributed by atoms with E-state index in [9.17, 15) is 22.8 Å². The molecule has 1 fully saturated rings. The van der Waals surface area contributed by atoms with Crippen molar-refractivity contribution in [1.29, 1.82) is 0 Å². The Morgan fingerprint density at radius 2 is 1.79 bits per heavy atom. The Kier molecular flexibility index (Phi) is 4.87. The Morgan fingerprint density at radius 3 is 2.59 bits per heavy atom. The van der Waals surface area contributed by atoms with Crippen molar-refractivity contribution in [1.82, 2.24) is 10.3 Å². The molecule has 0 bridgehead atoms. The summed E-state index contributed by atoms with van der Waals surface area (Å²) >= 11 is 0. The predicted octanol–water partition coefficient (Wildman–Crippen LogP) is 3.65. The molecule has 2 N–H and O–H groups in total. The topological polar surface area (TPSA) is 65.2 Å². The van der Waals surface area contributed by atoms with E-state index in [-0.39, 0.29) is 6.42 Å². The van der Waals surface area contributed by atoms with Crippen LogP contribution in [-0.4, -0.2) is 29.4 Å². The van der Waals surface area contributed by atoms with E-state index >= 15 is 0 Å². The summed E-state index contributed by atoms with van der Waals surface area (Å²) in [6.45, 7) is 0.417. The van der Waals surface area contributed by atoms with Gasteiger partial charge in [-0.05, 0) is 30.2 Å². The van der Waals surface area contributed by atoms with Gasteiger partial charge in [0.1, 0.15) is 0 Å². The van der Waals surface area contributed by atoms with Crippen LogP contribution in [0.4, 0.5) is 18.9 Å². The van der Waals surface area contributed by atoms with Crippen LogP contribution in [-0.2, 0) is 22.2 Å². The lowest BCUT2D eigenvalue weighted by atomic mass is 10.1. The summed E-state index contributed by atoms with van der Waals surface area (Å²) in [4.78, 5) is 28.8. The Labute approximate surface area is 164 Å². The van der Waals surface area contributed by atoms with Gasteiger partial charge in [-0.2, -0.15) is 13.2 Å². The summed E-state index contributed by atoms with van der Waals surface area (Å²) < 4.78 is 39.8. The molecule has 4 rings (SSSR count). The SMILES string of the molecule is O=C1C[C@H](NCCc2c[nH]c3ccccc23)C(=O)N1c1ccccc1C(F)(F)F. The number of fused-ring (bicyclic) bond motifs is 1. The van der Waals surface area contributed by atoms with Crippen LogP contribution in [0.5, 0.6) is 0 Å². The van der Waals surface area contributed by atoms with Crippen molar-refractivity contribution in [2.45, 2.75) is 25.1 Å². The number of hydrogen-bond donors (Lipinski definition) is 2. The molecule has 1 atom stereocenters. The number of aromatic amines is 1. The number of nitrogens with one attached hydrogen (secondary N) is 2. The number of para-hydroxylation sites is 2. The van der Waals surface area contributed by atoms with Crippen LogP contribution < -0.4 is 10.2 Å². The lowest BCUT2D eigenvalue weighted by molar-refractivity contribution is -0.137. The molecule has 8 heteroatoms. The minimum Gasteiger partial charge on any atom is -0.361 e. The number of alkyl halides is 3. The summed E-state index contributed by atoms with van der Waals surface area (Å²) in [5.74, 6) is -1.30. The Morgan fingerprint density at radius 1 is 1.07 bits per heavy atom. The van der Waals surface area contributed by atoms with Gasteiger partial charge in [-0.3, -0.25) is 9.59 Å². The second-order valence-corrected chi connectivity index (χ2v) is 6.90. The molecule has 150 valence electrons. The molecule has 2 aromatic carbocycles. The largest absolute Gasteiger partial charge is 0.418 e. The monoisotopic (exact) mass is 401 g/mol. The third-order valence-electron chi connectivity index (χ3n) is 5.06. The molecule has 1 aromatic heterocycles. The van der Waals surface area contributed by atoms with Crippen molar-refractivity contribution in [3.63, 3.8) is 0 Å². The van der Waals surface area contributed by atoms with E-state index in [1.807, 2.05) is 30.5 Å². The van der Waals surface area contributed by atoms with Crippen molar-refractivity contribution in [3.05, 3.63) is 65.9 Å². The first kappa shape index (κ1) is 19.2. The number of carbonyl (C=O) groups excluding carboxylic acids is 2. The van der Waals surface area contributed by atoms with Gasteiger partial charge >= 0.3 is 6.18 Å². The minimum atomic E-state index is -4.65. The zero-order valence-corrected chi connectivity index (χ0v) is 15.3. The van der Waals surface area contributed by atoms with E-state index in [1.54, 1.807) is 0 Å². The summed E-state index contributed by atoms with van der Waals surface area (Å²) in [6.07, 6.45) is -2.32. The normalized spacial score (nSPS) is 17.5. The number of carbonyl (C=O) groups is 2. The highest BCUT2D eigenvalue weighted by molar-refractivity contribution is 6.22. The maximum Gasteiger partial charge on any atom is 0.418 e. The van der Waals surface area contributed by atoms with Gasteiger partial charge < -0.3 is 10.3 Å². The van der Waals surface area contributed by atoms with Crippen LogP contribution in [0.25, 0.3) is 10.9 Å². The fourth-order valence-electron chi connectivity index (χ4n) is 3.67. The minimum absolute atomic E-state index is 0.168. The van der Waals surface area contributed by atoms with Crippen molar-refractivity contribution in [2.75, 3.05) is 11.4 Å². The fourth-order valence-corrected chi connectivity index (χ4v) is 3.67. The molecule has 0 unspecified atom stereocenters. The van der Waals surface area contributed by atoms with Crippen molar-refractivity contribution < 1.29 is 22.8 Å². The second-order valence-electron chi connectivity index (χ2n) is 6.90. The van der Waals surface area contributed by atoms with Gasteiger partial charge in [-0.15, -0.1) is 0 Å². The Bertz CT molecular complexity index is 1070. The van der Waals surface area contributed by atoms with E-state index in [2.05, 4.69) is 10.3 Å². The Balaban J connectivity index is 1.47. The summed E-state index contributed by atoms with van der Waals surface area (Å²) in [6, 6.07) is 11.6. The lowest BCUT2D eigenvalue weighted by Crippen LogP contribution is -2.40. The summed E-state index contributed by atoms with van der Waals surface area (Å²) in [5.41, 5.74) is 0.644. The maximum atomic E-state index is 13.3. The molecule has 0 aliphatic carbocycles. The molecule has 29 heavy (non-hydrogen) atoms. The molecule has 0 spiro atoms. The standard InChI is InChI=1S/C21H18F3N3O2/c22-21(23,24)15-6-2-4-8-18(15)27-19(28)11-17(20(27)29)25-10-9-13-12-26-16-7-3-1-5-14(13)16/h1-8,12,17,25-26H,9-11H2/t17-/m0/s1. The number of imide groups is 1. The molecule has 0 radical (unpaired) electrons. The highest BCUT2D eigenvalue weighted by Crippen LogP contribution is 2.38. The summed E-state index contributed by atoms with van der Waals surface area (Å²) in [7, 11) is 0. The number of benzene rings is 2. The zero-order valence-electron chi connectivity index (χ0n) is 15.3. The van der Waals surface area contributed by atoms with Crippen molar-refractivity contribution >= 4 is 28.4 Å². The molecular weight excluding hydrogens is 383 g/mol. The van der Waals surface area contributed by atoms with Gasteiger partial charge in [0.15, 0.2) is 0 Å². The predicted molar refractivity (Wildman–Crippen MR) is 102 cm³/mol. The van der Waals surface area contributed by atoms with Crippen LogP contribution >= 0.6 is 0 Å². The number of hydrogen-bond acceptors (Lipinski definition) is 3. The van der Waals surface area contributed by atoms with Crippen molar-refractivity contribution in [3.8, 4) is 0 Å². The van der Waals surface area contributed by atoms with Gasteiger partial charge in [0.25, 0.3) is 5.91 Å². The van der Waals surface area contributed by atoms with E-state index < -0.39 is 35.3 Å². The van der Waals surface area contributed by atoms with E-state index in [4.69, 9.17) is 0 Å². The van der Waals surface area contributed by atoms with Crippen molar-refractivity contribution in [2.24, 2.45) is 0 Å². The first-order chi connectivity index (χ1) is 13.9. The van der Waals surface area contributed by atoms with Gasteiger partial charge in [0.05, 0.1) is 23.7 Å². The number of halogens is 3. The number of H-pyrrole nitrogens is 1. The molecule has 1 aliphatic rings. The average Bonchev–Trinajstić information content (AvgIpc) is 3.22. The first-order valence-corrected chi connectivity index (χ1v) is 9.17. The average molecular weight is 401 g/mol. The van der Waals surface area contributed by atoms with Gasteiger partial charge in [0.2, 0.25) is 5.91 Å². The number of anilines is 1. The summed E-state index contributed by atoms with van der Waals surface area (Å²) in [5, 5.41) is 4.09. The number of aromatic nitrogens is 1. The van der Waals surface area contributed by atoms with Crippen LogP contribution in [0.3, 0.4) is 0 Å². The second kappa shape index (κ2) is 7.36. The van der Waals surface area contributed by atoms with E-state index in [1.165, 1.54) is 12.1 Å². The van der Waals surface area contributed by atoms with Gasteiger partial charge in [-0.1, -0.05) is 30.3 Å². The number of nitrogens with zero attached hydrogens (tertiary/aromatic N) is 1. The highest BCUT2D eigenvalue weighted by atomic mass is 19.4. The molecule has 1 aliphatic heterocycles. The van der Waals surface area contributed by atoms with Gasteiger partial charge in [-0.25, -0.2) is 4.90 Å². The molecule has 3 aromatic rings. The molecule has 2 amide bonds. The molecule has 1 saturated heterocycles. The molecule has 5 nitrogen and oxygen atoms in total. The maximum absolute atomic E-state index is 13.3.